The fraction of sp³-hybridized carbons (Fsp3) is 0.462. The van der Waals surface area contributed by atoms with Crippen LogP contribution in [0.1, 0.15) is 45.7 Å². The van der Waals surface area contributed by atoms with Gasteiger partial charge in [0.1, 0.15) is 12.2 Å². The van der Waals surface area contributed by atoms with Gasteiger partial charge < -0.3 is 24.1 Å². The van der Waals surface area contributed by atoms with Crippen LogP contribution >= 0.6 is 0 Å². The summed E-state index contributed by atoms with van der Waals surface area (Å²) in [5.41, 5.74) is 0.888. The molecule has 0 aromatic heterocycles. The van der Waals surface area contributed by atoms with E-state index in [2.05, 4.69) is 0 Å². The van der Waals surface area contributed by atoms with E-state index in [9.17, 15) is 14.7 Å². The van der Waals surface area contributed by atoms with Crippen LogP contribution in [0.3, 0.4) is 0 Å². The van der Waals surface area contributed by atoms with Gasteiger partial charge in [-0.25, -0.2) is 4.79 Å². The molecule has 180 valence electrons. The standard InChI is InChI=1S/C26H34O7/c1-17(2)32-24(28)20(23(27)25(29)33-26(3,4)5)14-19-12-13-21(22(15-19)30-6)31-16-18-10-8-7-9-11-18/h7-13,15,17,20,23,27H,14,16H2,1-6H3/t20-,23-/m0/s1. The molecule has 2 aromatic carbocycles. The normalized spacial score (nSPS) is 13.2. The van der Waals surface area contributed by atoms with Crippen LogP contribution < -0.4 is 9.47 Å². The molecule has 0 spiro atoms. The summed E-state index contributed by atoms with van der Waals surface area (Å²) in [5.74, 6) is -1.66. The Bertz CT molecular complexity index is 916. The molecule has 0 aliphatic rings. The zero-order valence-electron chi connectivity index (χ0n) is 20.2. The number of aliphatic hydroxyl groups is 1. The van der Waals surface area contributed by atoms with Gasteiger partial charge in [0.05, 0.1) is 19.1 Å². The van der Waals surface area contributed by atoms with Crippen molar-refractivity contribution in [3.05, 3.63) is 59.7 Å². The third-order valence-electron chi connectivity index (χ3n) is 4.60. The Kier molecular flexibility index (Phi) is 9.29. The lowest BCUT2D eigenvalue weighted by Crippen LogP contribution is -2.41. The van der Waals surface area contributed by atoms with Crippen LogP contribution in [0.15, 0.2) is 48.5 Å². The Morgan fingerprint density at radius 3 is 2.18 bits per heavy atom. The summed E-state index contributed by atoms with van der Waals surface area (Å²) in [5, 5.41) is 10.6. The van der Waals surface area contributed by atoms with Crippen molar-refractivity contribution in [3.63, 3.8) is 0 Å². The Morgan fingerprint density at radius 2 is 1.61 bits per heavy atom. The SMILES string of the molecule is COc1cc(C[C@H](C(=O)OC(C)C)[C@H](O)C(=O)OC(C)(C)C)ccc1OCc1ccccc1. The number of carbonyl (C=O) groups excluding carboxylic acids is 2. The first-order valence-electron chi connectivity index (χ1n) is 10.9. The molecule has 0 aliphatic heterocycles. The van der Waals surface area contributed by atoms with Gasteiger partial charge in [0.15, 0.2) is 17.6 Å². The highest BCUT2D eigenvalue weighted by molar-refractivity contribution is 5.84. The van der Waals surface area contributed by atoms with Gasteiger partial charge in [0.2, 0.25) is 0 Å². The Labute approximate surface area is 195 Å². The summed E-state index contributed by atoms with van der Waals surface area (Å²) in [6.45, 7) is 8.86. The molecule has 0 saturated heterocycles. The minimum Gasteiger partial charge on any atom is -0.493 e. The average Bonchev–Trinajstić information content (AvgIpc) is 2.74. The van der Waals surface area contributed by atoms with Crippen molar-refractivity contribution in [2.45, 2.75) is 65.5 Å². The van der Waals surface area contributed by atoms with E-state index < -0.39 is 35.7 Å². The molecule has 0 bridgehead atoms. The molecule has 0 unspecified atom stereocenters. The summed E-state index contributed by atoms with van der Waals surface area (Å²) in [4.78, 5) is 25.2. The third kappa shape index (κ3) is 8.42. The summed E-state index contributed by atoms with van der Waals surface area (Å²) >= 11 is 0. The van der Waals surface area contributed by atoms with Gasteiger partial charge in [-0.15, -0.1) is 0 Å². The molecule has 1 N–H and O–H groups in total. The molecule has 33 heavy (non-hydrogen) atoms. The molecule has 0 radical (unpaired) electrons. The van der Waals surface area contributed by atoms with Crippen molar-refractivity contribution in [1.82, 2.24) is 0 Å². The monoisotopic (exact) mass is 458 g/mol. The highest BCUT2D eigenvalue weighted by Gasteiger charge is 2.37. The lowest BCUT2D eigenvalue weighted by molar-refractivity contribution is -0.175. The first-order chi connectivity index (χ1) is 15.5. The number of carbonyl (C=O) groups is 2. The Hall–Kier alpha value is -3.06. The zero-order valence-corrected chi connectivity index (χ0v) is 20.2. The number of benzene rings is 2. The Morgan fingerprint density at radius 1 is 0.939 bits per heavy atom. The molecule has 2 aromatic rings. The molecule has 7 nitrogen and oxygen atoms in total. The van der Waals surface area contributed by atoms with Crippen LogP contribution in [-0.4, -0.2) is 42.0 Å². The van der Waals surface area contributed by atoms with E-state index in [0.29, 0.717) is 23.7 Å². The second kappa shape index (κ2) is 11.7. The third-order valence-corrected chi connectivity index (χ3v) is 4.60. The molecule has 2 rings (SSSR count). The minimum atomic E-state index is -1.67. The predicted molar refractivity (Wildman–Crippen MR) is 124 cm³/mol. The number of esters is 2. The Balaban J connectivity index is 2.21. The summed E-state index contributed by atoms with van der Waals surface area (Å²) in [7, 11) is 1.52. The van der Waals surface area contributed by atoms with Crippen LogP contribution in [0.4, 0.5) is 0 Å². The van der Waals surface area contributed by atoms with Gasteiger partial charge in [0, 0.05) is 0 Å². The topological polar surface area (TPSA) is 91.3 Å². The number of rotatable bonds is 10. The maximum Gasteiger partial charge on any atom is 0.336 e. The van der Waals surface area contributed by atoms with Crippen molar-refractivity contribution in [1.29, 1.82) is 0 Å². The van der Waals surface area contributed by atoms with E-state index in [-0.39, 0.29) is 6.42 Å². The predicted octanol–water partition coefficient (Wildman–Crippen LogP) is 4.09. The van der Waals surface area contributed by atoms with Crippen LogP contribution in [0, 0.1) is 5.92 Å². The van der Waals surface area contributed by atoms with E-state index in [1.54, 1.807) is 52.8 Å². The summed E-state index contributed by atoms with van der Waals surface area (Å²) in [6, 6.07) is 15.0. The van der Waals surface area contributed by atoms with Gasteiger partial charge in [-0.1, -0.05) is 36.4 Å². The zero-order chi connectivity index (χ0) is 24.6. The van der Waals surface area contributed by atoms with E-state index in [1.807, 2.05) is 30.3 Å². The first-order valence-corrected chi connectivity index (χ1v) is 10.9. The van der Waals surface area contributed by atoms with Crippen molar-refractivity contribution in [3.8, 4) is 11.5 Å². The lowest BCUT2D eigenvalue weighted by Gasteiger charge is -2.26. The second-order valence-electron chi connectivity index (χ2n) is 9.03. The quantitative estimate of drug-likeness (QED) is 0.536. The molecule has 0 fully saturated rings. The highest BCUT2D eigenvalue weighted by atomic mass is 16.6. The first kappa shape index (κ1) is 26.2. The molecule has 0 amide bonds. The average molecular weight is 459 g/mol. The van der Waals surface area contributed by atoms with E-state index in [1.165, 1.54) is 7.11 Å². The van der Waals surface area contributed by atoms with Gasteiger partial charge in [-0.2, -0.15) is 0 Å². The lowest BCUT2D eigenvalue weighted by atomic mass is 9.93. The number of ether oxygens (including phenoxy) is 4. The maximum absolute atomic E-state index is 12.7. The van der Waals surface area contributed by atoms with E-state index in [4.69, 9.17) is 18.9 Å². The van der Waals surface area contributed by atoms with Crippen LogP contribution in [0.5, 0.6) is 11.5 Å². The summed E-state index contributed by atoms with van der Waals surface area (Å²) in [6.07, 6.45) is -2.01. The van der Waals surface area contributed by atoms with Crippen molar-refractivity contribution in [2.75, 3.05) is 7.11 Å². The fourth-order valence-corrected chi connectivity index (χ4v) is 3.12. The van der Waals surface area contributed by atoms with E-state index >= 15 is 0 Å². The molecule has 7 heteroatoms. The van der Waals surface area contributed by atoms with Gasteiger partial charge in [-0.3, -0.25) is 4.79 Å². The van der Waals surface area contributed by atoms with Crippen LogP contribution in [-0.2, 0) is 32.1 Å². The molecule has 0 heterocycles. The van der Waals surface area contributed by atoms with Crippen LogP contribution in [0.25, 0.3) is 0 Å². The highest BCUT2D eigenvalue weighted by Crippen LogP contribution is 2.30. The fourth-order valence-electron chi connectivity index (χ4n) is 3.12. The smallest absolute Gasteiger partial charge is 0.336 e. The molecule has 0 saturated carbocycles. The largest absolute Gasteiger partial charge is 0.493 e. The summed E-state index contributed by atoms with van der Waals surface area (Å²) < 4.78 is 21.9. The molecular formula is C26H34O7. The van der Waals surface area contributed by atoms with Gasteiger partial charge in [0.25, 0.3) is 0 Å². The molecule has 2 atom stereocenters. The van der Waals surface area contributed by atoms with Crippen molar-refractivity contribution < 1.29 is 33.6 Å². The number of hydrogen-bond acceptors (Lipinski definition) is 7. The molecular weight excluding hydrogens is 424 g/mol. The molecule has 0 aliphatic carbocycles. The second-order valence-corrected chi connectivity index (χ2v) is 9.03. The van der Waals surface area contributed by atoms with Gasteiger partial charge >= 0.3 is 11.9 Å². The van der Waals surface area contributed by atoms with Crippen molar-refractivity contribution in [2.24, 2.45) is 5.92 Å². The van der Waals surface area contributed by atoms with E-state index in [0.717, 1.165) is 5.56 Å². The number of methoxy groups -OCH3 is 1. The minimum absolute atomic E-state index is 0.0568. The van der Waals surface area contributed by atoms with Crippen molar-refractivity contribution >= 4 is 11.9 Å². The maximum atomic E-state index is 12.7. The van der Waals surface area contributed by atoms with Crippen LogP contribution in [0.2, 0.25) is 0 Å². The number of hydrogen-bond donors (Lipinski definition) is 1. The number of aliphatic hydroxyl groups excluding tert-OH is 1. The van der Waals surface area contributed by atoms with Gasteiger partial charge in [-0.05, 0) is 64.3 Å².